The van der Waals surface area contributed by atoms with Crippen LogP contribution in [0.15, 0.2) is 48.5 Å². The molecule has 4 rings (SSSR count). The van der Waals surface area contributed by atoms with Crippen LogP contribution in [0.2, 0.25) is 0 Å². The number of carbonyl (C=O) groups excluding carboxylic acids is 5. The number of likely N-dealkylation sites (tertiary alicyclic amines) is 1. The van der Waals surface area contributed by atoms with Crippen LogP contribution in [-0.2, 0) is 30.5 Å². The van der Waals surface area contributed by atoms with Gasteiger partial charge in [0.15, 0.2) is 6.61 Å². The lowest BCUT2D eigenvalue weighted by Crippen LogP contribution is -2.37. The molecule has 188 valence electrons. The topological polar surface area (TPSA) is 122 Å². The van der Waals surface area contributed by atoms with Gasteiger partial charge in [0.05, 0.1) is 23.1 Å². The van der Waals surface area contributed by atoms with E-state index in [0.717, 1.165) is 28.9 Å². The van der Waals surface area contributed by atoms with Crippen LogP contribution in [0.5, 0.6) is 0 Å². The first-order valence-electron chi connectivity index (χ1n) is 12.1. The normalized spacial score (nSPS) is 19.0. The van der Waals surface area contributed by atoms with Gasteiger partial charge in [0, 0.05) is 6.54 Å². The van der Waals surface area contributed by atoms with E-state index in [0.29, 0.717) is 19.4 Å². The molecule has 9 nitrogen and oxygen atoms in total. The summed E-state index contributed by atoms with van der Waals surface area (Å²) in [4.78, 5) is 63.3. The molecule has 1 saturated heterocycles. The lowest BCUT2D eigenvalue weighted by atomic mass is 9.81. The molecule has 0 bridgehead atoms. The van der Waals surface area contributed by atoms with Crippen molar-refractivity contribution >= 4 is 35.3 Å². The monoisotopic (exact) mass is 491 g/mol. The second-order valence-corrected chi connectivity index (χ2v) is 9.18. The number of nitrogens with one attached hydrogen (secondary N) is 2. The van der Waals surface area contributed by atoms with Crippen molar-refractivity contribution in [3.63, 3.8) is 0 Å². The van der Waals surface area contributed by atoms with Crippen LogP contribution >= 0.6 is 0 Å². The minimum atomic E-state index is -0.838. The maximum Gasteiger partial charge on any atom is 0.326 e. The molecule has 9 heteroatoms. The Morgan fingerprint density at radius 3 is 2.25 bits per heavy atom. The van der Waals surface area contributed by atoms with Gasteiger partial charge < -0.3 is 15.4 Å². The van der Waals surface area contributed by atoms with Crippen molar-refractivity contribution in [1.82, 2.24) is 10.2 Å². The number of fused-ring (bicyclic) bond motifs is 1. The van der Waals surface area contributed by atoms with E-state index >= 15 is 0 Å². The molecule has 2 N–H and O–H groups in total. The van der Waals surface area contributed by atoms with Crippen LogP contribution in [0.4, 0.5) is 5.69 Å². The summed E-state index contributed by atoms with van der Waals surface area (Å²) in [6.07, 6.45) is 3.09. The fraction of sp³-hybridized carbons (Fsp3) is 0.370. The highest BCUT2D eigenvalue weighted by molar-refractivity contribution is 6.07. The number of nitrogens with zero attached hydrogens (tertiary/aromatic N) is 1. The Kier molecular flexibility index (Phi) is 7.77. The number of hydrogen-bond acceptors (Lipinski definition) is 6. The van der Waals surface area contributed by atoms with Gasteiger partial charge >= 0.3 is 5.97 Å². The molecular weight excluding hydrogens is 462 g/mol. The Morgan fingerprint density at radius 1 is 0.944 bits per heavy atom. The minimum absolute atomic E-state index is 0.264. The molecule has 0 radical (unpaired) electrons. The second kappa shape index (κ2) is 11.2. The molecule has 0 spiro atoms. The highest BCUT2D eigenvalue weighted by Gasteiger charge is 2.48. The third kappa shape index (κ3) is 5.79. The number of amides is 4. The van der Waals surface area contributed by atoms with Gasteiger partial charge in [-0.25, -0.2) is 0 Å². The third-order valence-corrected chi connectivity index (χ3v) is 6.60. The first kappa shape index (κ1) is 25.1. The summed E-state index contributed by atoms with van der Waals surface area (Å²) in [5.41, 5.74) is 2.60. The van der Waals surface area contributed by atoms with Crippen LogP contribution in [0.1, 0.15) is 47.2 Å². The Morgan fingerprint density at radius 2 is 1.58 bits per heavy atom. The molecule has 2 aromatic carbocycles. The Hall–Kier alpha value is -4.01. The summed E-state index contributed by atoms with van der Waals surface area (Å²) in [5, 5.41) is 5.40. The zero-order valence-corrected chi connectivity index (χ0v) is 20.1. The van der Waals surface area contributed by atoms with Crippen molar-refractivity contribution in [2.45, 2.75) is 39.2 Å². The zero-order chi connectivity index (χ0) is 25.7. The van der Waals surface area contributed by atoms with Gasteiger partial charge in [-0.05, 0) is 37.5 Å². The van der Waals surface area contributed by atoms with Crippen molar-refractivity contribution in [2.75, 3.05) is 18.5 Å². The molecule has 36 heavy (non-hydrogen) atoms. The summed E-state index contributed by atoms with van der Waals surface area (Å²) in [7, 11) is 0. The zero-order valence-electron chi connectivity index (χ0n) is 20.1. The number of imide groups is 1. The van der Waals surface area contributed by atoms with E-state index in [-0.39, 0.29) is 40.8 Å². The van der Waals surface area contributed by atoms with E-state index in [9.17, 15) is 24.0 Å². The Bertz CT molecular complexity index is 1150. The molecule has 2 aromatic rings. The summed E-state index contributed by atoms with van der Waals surface area (Å²) in [6.45, 7) is 1.20. The van der Waals surface area contributed by atoms with Gasteiger partial charge in [-0.15, -0.1) is 0 Å². The van der Waals surface area contributed by atoms with Crippen LogP contribution in [0, 0.1) is 18.8 Å². The summed E-state index contributed by atoms with van der Waals surface area (Å²) in [5.74, 6) is -3.22. The maximum absolute atomic E-state index is 12.7. The van der Waals surface area contributed by atoms with E-state index in [1.165, 1.54) is 0 Å². The summed E-state index contributed by atoms with van der Waals surface area (Å²) in [6, 6.07) is 14.3. The maximum atomic E-state index is 12.7. The fourth-order valence-electron chi connectivity index (χ4n) is 4.67. The molecular formula is C27H29N3O6. The van der Waals surface area contributed by atoms with Crippen LogP contribution in [0.3, 0.4) is 0 Å². The smallest absolute Gasteiger partial charge is 0.326 e. The van der Waals surface area contributed by atoms with E-state index < -0.39 is 25.0 Å². The molecule has 1 saturated carbocycles. The largest absolute Gasteiger partial charge is 0.454 e. The van der Waals surface area contributed by atoms with Crippen molar-refractivity contribution < 1.29 is 28.7 Å². The van der Waals surface area contributed by atoms with Gasteiger partial charge in [0.25, 0.3) is 11.8 Å². The quantitative estimate of drug-likeness (QED) is 0.432. The van der Waals surface area contributed by atoms with E-state index in [1.54, 1.807) is 24.3 Å². The highest BCUT2D eigenvalue weighted by Crippen LogP contribution is 2.37. The first-order chi connectivity index (χ1) is 17.3. The molecule has 1 aliphatic heterocycles. The van der Waals surface area contributed by atoms with Gasteiger partial charge in [-0.2, -0.15) is 0 Å². The number of para-hydroxylation sites is 1. The van der Waals surface area contributed by atoms with Crippen LogP contribution < -0.4 is 10.6 Å². The van der Waals surface area contributed by atoms with Crippen molar-refractivity contribution in [3.05, 3.63) is 65.2 Å². The molecule has 1 aliphatic carbocycles. The first-order valence-corrected chi connectivity index (χ1v) is 12.1. The number of anilines is 1. The standard InChI is InChI=1S/C27H29N3O6/c1-17-10-12-18(13-11-17)14-28-25(33)21-8-4-5-9-22(21)29-23(31)16-36-24(32)15-30-26(34)19-6-2-3-7-20(19)27(30)35/h4-5,8-13,19-20H,2-3,6-7,14-16H2,1H3,(H,28,33)(H,29,31). The number of esters is 1. The number of ether oxygens (including phenoxy) is 1. The molecule has 2 atom stereocenters. The van der Waals surface area contributed by atoms with Crippen molar-refractivity contribution in [2.24, 2.45) is 11.8 Å². The average Bonchev–Trinajstić information content (AvgIpc) is 3.12. The molecule has 2 unspecified atom stereocenters. The number of hydrogen-bond donors (Lipinski definition) is 2. The highest BCUT2D eigenvalue weighted by atomic mass is 16.5. The van der Waals surface area contributed by atoms with Gasteiger partial charge in [0.1, 0.15) is 6.54 Å². The Labute approximate surface area is 209 Å². The second-order valence-electron chi connectivity index (χ2n) is 9.18. The van der Waals surface area contributed by atoms with Crippen LogP contribution in [0.25, 0.3) is 0 Å². The lowest BCUT2D eigenvalue weighted by molar-refractivity contribution is -0.154. The number of benzene rings is 2. The molecule has 1 heterocycles. The predicted octanol–water partition coefficient (Wildman–Crippen LogP) is 2.58. The van der Waals surface area contributed by atoms with Crippen LogP contribution in [-0.4, -0.2) is 47.6 Å². The molecule has 0 aromatic heterocycles. The van der Waals surface area contributed by atoms with Gasteiger partial charge in [-0.3, -0.25) is 28.9 Å². The number of rotatable bonds is 8. The summed E-state index contributed by atoms with van der Waals surface area (Å²) < 4.78 is 5.01. The molecule has 2 aliphatic rings. The number of aryl methyl sites for hydroxylation is 1. The van der Waals surface area contributed by atoms with E-state index in [1.807, 2.05) is 31.2 Å². The minimum Gasteiger partial charge on any atom is -0.454 e. The SMILES string of the molecule is Cc1ccc(CNC(=O)c2ccccc2NC(=O)COC(=O)CN2C(=O)C3CCCCC3C2=O)cc1. The van der Waals surface area contributed by atoms with E-state index in [4.69, 9.17) is 4.74 Å². The molecule has 2 fully saturated rings. The molecule has 4 amide bonds. The van der Waals surface area contributed by atoms with Gasteiger partial charge in [0.2, 0.25) is 11.8 Å². The summed E-state index contributed by atoms with van der Waals surface area (Å²) >= 11 is 0. The third-order valence-electron chi connectivity index (χ3n) is 6.60. The Balaban J connectivity index is 1.28. The van der Waals surface area contributed by atoms with Crippen molar-refractivity contribution in [1.29, 1.82) is 0 Å². The average molecular weight is 492 g/mol. The predicted molar refractivity (Wildman–Crippen MR) is 131 cm³/mol. The van der Waals surface area contributed by atoms with Gasteiger partial charge in [-0.1, -0.05) is 54.8 Å². The number of carbonyl (C=O) groups is 5. The van der Waals surface area contributed by atoms with Crippen molar-refractivity contribution in [3.8, 4) is 0 Å². The lowest BCUT2D eigenvalue weighted by Gasteiger charge is -2.19. The van der Waals surface area contributed by atoms with E-state index in [2.05, 4.69) is 10.6 Å². The fourth-order valence-corrected chi connectivity index (χ4v) is 4.67.